The van der Waals surface area contributed by atoms with E-state index >= 15 is 0 Å². The third-order valence-corrected chi connectivity index (χ3v) is 8.25. The van der Waals surface area contributed by atoms with E-state index in [2.05, 4.69) is 71.6 Å². The van der Waals surface area contributed by atoms with Gasteiger partial charge in [-0.1, -0.05) is 75.4 Å². The molecule has 3 aromatic carbocycles. The van der Waals surface area contributed by atoms with Crippen molar-refractivity contribution in [1.82, 2.24) is 19.7 Å². The number of carbonyl (C=O) groups excluding carboxylic acids is 2. The van der Waals surface area contributed by atoms with Gasteiger partial charge in [-0.3, -0.25) is 20.0 Å². The summed E-state index contributed by atoms with van der Waals surface area (Å²) in [4.78, 5) is 31.8. The number of hydrogen-bond acceptors (Lipinski definition) is 6. The topological polar surface area (TPSA) is 127 Å². The van der Waals surface area contributed by atoms with Crippen molar-refractivity contribution < 1.29 is 14.3 Å². The van der Waals surface area contributed by atoms with Crippen molar-refractivity contribution in [2.24, 2.45) is 5.73 Å². The fourth-order valence-electron chi connectivity index (χ4n) is 5.66. The zero-order valence-electron chi connectivity index (χ0n) is 26.6. The molecule has 0 spiro atoms. The number of morpholine rings is 1. The second kappa shape index (κ2) is 12.7. The summed E-state index contributed by atoms with van der Waals surface area (Å²) in [5.74, 6) is 0.183. The number of ether oxygens (including phenoxy) is 1. The largest absolute Gasteiger partial charge is 0.378 e. The molecule has 1 aliphatic rings. The lowest BCUT2D eigenvalue weighted by molar-refractivity contribution is -0.129. The van der Waals surface area contributed by atoms with E-state index in [9.17, 15) is 9.59 Å². The zero-order valence-corrected chi connectivity index (χ0v) is 26.6. The van der Waals surface area contributed by atoms with E-state index in [1.165, 1.54) is 0 Å². The summed E-state index contributed by atoms with van der Waals surface area (Å²) in [5.41, 5.74) is 11.8. The molecule has 236 valence electrons. The maximum absolute atomic E-state index is 13.4. The standard InChI is InChI=1S/C36H39N7O3/c1-23-9-14-26(20-38-23)43-33(19-32(41-43)36(2,3)4)40-35(45)39-30-16-15-27(28-7-5-6-8-29(28)30)25-12-10-24(11-13-25)21-42-17-18-46-22-31(42)34(37)44/h5-16,19-20,31H,17-18,21-22H2,1-4H3,(H2,37,44)(H2,39,40,45). The van der Waals surface area contributed by atoms with Crippen LogP contribution in [0.25, 0.3) is 27.6 Å². The van der Waals surface area contributed by atoms with Crippen LogP contribution < -0.4 is 16.4 Å². The van der Waals surface area contributed by atoms with Gasteiger partial charge < -0.3 is 15.8 Å². The van der Waals surface area contributed by atoms with Gasteiger partial charge in [-0.25, -0.2) is 9.48 Å². The third-order valence-electron chi connectivity index (χ3n) is 8.25. The molecule has 1 aliphatic heterocycles. The highest BCUT2D eigenvalue weighted by atomic mass is 16.5. The minimum atomic E-state index is -0.421. The predicted molar refractivity (Wildman–Crippen MR) is 181 cm³/mol. The summed E-state index contributed by atoms with van der Waals surface area (Å²) in [7, 11) is 0. The van der Waals surface area contributed by atoms with Crippen molar-refractivity contribution in [3.05, 3.63) is 102 Å². The van der Waals surface area contributed by atoms with E-state index in [-0.39, 0.29) is 17.4 Å². The smallest absolute Gasteiger partial charge is 0.324 e. The van der Waals surface area contributed by atoms with Crippen LogP contribution in [0.1, 0.15) is 37.7 Å². The number of amides is 3. The Kier molecular flexibility index (Phi) is 8.57. The molecule has 46 heavy (non-hydrogen) atoms. The molecule has 1 atom stereocenters. The first kappa shape index (κ1) is 30.9. The number of aromatic nitrogens is 3. The van der Waals surface area contributed by atoms with Crippen LogP contribution in [-0.2, 0) is 21.5 Å². The number of carbonyl (C=O) groups is 2. The molecule has 1 unspecified atom stereocenters. The van der Waals surface area contributed by atoms with Gasteiger partial charge in [0.1, 0.15) is 11.9 Å². The molecule has 6 rings (SSSR count). The average molecular weight is 618 g/mol. The van der Waals surface area contributed by atoms with Crippen LogP contribution in [0.2, 0.25) is 0 Å². The molecule has 2 aromatic heterocycles. The summed E-state index contributed by atoms with van der Waals surface area (Å²) in [6.07, 6.45) is 1.75. The number of nitrogens with one attached hydrogen (secondary N) is 2. The molecule has 3 heterocycles. The van der Waals surface area contributed by atoms with Crippen molar-refractivity contribution in [2.45, 2.75) is 45.7 Å². The van der Waals surface area contributed by atoms with Crippen LogP contribution >= 0.6 is 0 Å². The molecule has 0 saturated carbocycles. The van der Waals surface area contributed by atoms with E-state index < -0.39 is 6.04 Å². The lowest BCUT2D eigenvalue weighted by Crippen LogP contribution is -2.51. The van der Waals surface area contributed by atoms with E-state index in [1.807, 2.05) is 55.5 Å². The Labute approximate surface area is 268 Å². The summed E-state index contributed by atoms with van der Waals surface area (Å²) in [5, 5.41) is 12.8. The van der Waals surface area contributed by atoms with E-state index in [1.54, 1.807) is 10.9 Å². The fourth-order valence-corrected chi connectivity index (χ4v) is 5.66. The first-order valence-electron chi connectivity index (χ1n) is 15.4. The number of benzene rings is 3. The molecule has 3 amide bonds. The molecule has 1 saturated heterocycles. The summed E-state index contributed by atoms with van der Waals surface area (Å²) < 4.78 is 7.17. The number of nitrogens with zero attached hydrogens (tertiary/aromatic N) is 4. The van der Waals surface area contributed by atoms with Gasteiger partial charge in [-0.2, -0.15) is 5.10 Å². The van der Waals surface area contributed by atoms with Gasteiger partial charge >= 0.3 is 6.03 Å². The van der Waals surface area contributed by atoms with Gasteiger partial charge in [0.15, 0.2) is 0 Å². The molecule has 10 heteroatoms. The Morgan fingerprint density at radius 2 is 1.74 bits per heavy atom. The van der Waals surface area contributed by atoms with Gasteiger partial charge in [-0.15, -0.1) is 0 Å². The lowest BCUT2D eigenvalue weighted by atomic mass is 9.92. The molecule has 0 aliphatic carbocycles. The lowest BCUT2D eigenvalue weighted by Gasteiger charge is -2.33. The second-order valence-corrected chi connectivity index (χ2v) is 12.7. The predicted octanol–water partition coefficient (Wildman–Crippen LogP) is 6.02. The Hall–Kier alpha value is -5.06. The number of pyridine rings is 1. The number of urea groups is 1. The Balaban J connectivity index is 1.23. The van der Waals surface area contributed by atoms with Crippen LogP contribution in [0.15, 0.2) is 85.1 Å². The van der Waals surface area contributed by atoms with E-state index in [4.69, 9.17) is 15.6 Å². The molecule has 10 nitrogen and oxygen atoms in total. The molecule has 4 N–H and O–H groups in total. The Bertz CT molecular complexity index is 1880. The van der Waals surface area contributed by atoms with Crippen molar-refractivity contribution in [1.29, 1.82) is 0 Å². The first-order chi connectivity index (χ1) is 22.1. The normalized spacial score (nSPS) is 15.5. The molecule has 1 fully saturated rings. The first-order valence-corrected chi connectivity index (χ1v) is 15.4. The van der Waals surface area contributed by atoms with Crippen LogP contribution in [0.5, 0.6) is 0 Å². The maximum Gasteiger partial charge on any atom is 0.324 e. The molecular formula is C36H39N7O3. The van der Waals surface area contributed by atoms with Crippen LogP contribution in [0.3, 0.4) is 0 Å². The van der Waals surface area contributed by atoms with Gasteiger partial charge in [-0.05, 0) is 47.2 Å². The molecule has 0 bridgehead atoms. The van der Waals surface area contributed by atoms with Crippen LogP contribution in [0.4, 0.5) is 16.3 Å². The quantitative estimate of drug-likeness (QED) is 0.205. The second-order valence-electron chi connectivity index (χ2n) is 12.7. The van der Waals surface area contributed by atoms with Gasteiger partial charge in [0.2, 0.25) is 5.91 Å². The number of rotatable bonds is 7. The number of hydrogen-bond donors (Lipinski definition) is 3. The summed E-state index contributed by atoms with van der Waals surface area (Å²) >= 11 is 0. The SMILES string of the molecule is Cc1ccc(-n2nc(C(C)(C)C)cc2NC(=O)Nc2ccc(-c3ccc(CN4CCOCC4C(N)=O)cc3)c3ccccc23)cn1. The van der Waals surface area contributed by atoms with Crippen molar-refractivity contribution in [2.75, 3.05) is 30.4 Å². The van der Waals surface area contributed by atoms with Gasteiger partial charge in [0.05, 0.1) is 36.5 Å². The number of nitrogens with two attached hydrogens (primary N) is 1. The van der Waals surface area contributed by atoms with Crippen molar-refractivity contribution in [3.8, 4) is 16.8 Å². The van der Waals surface area contributed by atoms with Gasteiger partial charge in [0, 0.05) is 35.7 Å². The summed E-state index contributed by atoms with van der Waals surface area (Å²) in [6, 6.07) is 25.3. The highest BCUT2D eigenvalue weighted by Gasteiger charge is 2.27. The minimum Gasteiger partial charge on any atom is -0.378 e. The average Bonchev–Trinajstić information content (AvgIpc) is 3.46. The molecule has 0 radical (unpaired) electrons. The van der Waals surface area contributed by atoms with E-state index in [0.29, 0.717) is 37.8 Å². The Morgan fingerprint density at radius 3 is 2.43 bits per heavy atom. The molecular weight excluding hydrogens is 578 g/mol. The highest BCUT2D eigenvalue weighted by molar-refractivity contribution is 6.09. The number of fused-ring (bicyclic) bond motifs is 1. The third kappa shape index (κ3) is 6.63. The van der Waals surface area contributed by atoms with E-state index in [0.717, 1.165) is 44.5 Å². The fraction of sp³-hybridized carbons (Fsp3) is 0.278. The summed E-state index contributed by atoms with van der Waals surface area (Å²) in [6.45, 7) is 10.4. The van der Waals surface area contributed by atoms with Crippen molar-refractivity contribution >= 4 is 34.2 Å². The number of anilines is 2. The number of aryl methyl sites for hydroxylation is 1. The molecule has 5 aromatic rings. The number of primary amides is 1. The zero-order chi connectivity index (χ0) is 32.4. The van der Waals surface area contributed by atoms with Gasteiger partial charge in [0.25, 0.3) is 0 Å². The monoisotopic (exact) mass is 617 g/mol. The minimum absolute atomic E-state index is 0.213. The van der Waals surface area contributed by atoms with Crippen LogP contribution in [0, 0.1) is 6.92 Å². The maximum atomic E-state index is 13.4. The van der Waals surface area contributed by atoms with Crippen LogP contribution in [-0.4, -0.2) is 57.4 Å². The van der Waals surface area contributed by atoms with Crippen molar-refractivity contribution in [3.63, 3.8) is 0 Å². The highest BCUT2D eigenvalue weighted by Crippen LogP contribution is 2.34. The Morgan fingerprint density at radius 1 is 0.978 bits per heavy atom.